The number of hydrogen-bond acceptors (Lipinski definition) is 3. The van der Waals surface area contributed by atoms with Crippen LogP contribution >= 0.6 is 0 Å². The highest BCUT2D eigenvalue weighted by molar-refractivity contribution is 4.93. The molecule has 1 aliphatic carbocycles. The van der Waals surface area contributed by atoms with Crippen LogP contribution in [0, 0.1) is 5.92 Å². The highest BCUT2D eigenvalue weighted by atomic mass is 16.3. The van der Waals surface area contributed by atoms with Gasteiger partial charge in [0.2, 0.25) is 0 Å². The maximum atomic E-state index is 9.12. The van der Waals surface area contributed by atoms with Gasteiger partial charge in [-0.2, -0.15) is 0 Å². The zero-order valence-corrected chi connectivity index (χ0v) is 8.56. The largest absolute Gasteiger partial charge is 0.393 e. The zero-order valence-electron chi connectivity index (χ0n) is 8.56. The quantitative estimate of drug-likeness (QED) is 0.762. The van der Waals surface area contributed by atoms with Crippen LogP contribution in [0.4, 0.5) is 0 Å². The smallest absolute Gasteiger partial charge is 0.0828 e. The van der Waals surface area contributed by atoms with E-state index in [4.69, 9.17) is 5.11 Å². The Balaban J connectivity index is 1.82. The Labute approximate surface area is 83.9 Å². The molecule has 0 bridgehead atoms. The van der Waals surface area contributed by atoms with Crippen molar-refractivity contribution in [3.05, 3.63) is 11.9 Å². The van der Waals surface area contributed by atoms with Crippen molar-refractivity contribution in [3.63, 3.8) is 0 Å². The van der Waals surface area contributed by atoms with Crippen molar-refractivity contribution in [3.8, 4) is 0 Å². The molecule has 1 aliphatic rings. The monoisotopic (exact) mass is 195 g/mol. The summed E-state index contributed by atoms with van der Waals surface area (Å²) in [5.41, 5.74) is 0.992. The lowest BCUT2D eigenvalue weighted by atomic mass is 10.2. The van der Waals surface area contributed by atoms with Gasteiger partial charge < -0.3 is 5.11 Å². The van der Waals surface area contributed by atoms with Gasteiger partial charge >= 0.3 is 0 Å². The number of nitrogens with zero attached hydrogens (tertiary/aromatic N) is 3. The Hall–Kier alpha value is -0.900. The van der Waals surface area contributed by atoms with E-state index in [2.05, 4.69) is 10.3 Å². The normalized spacial score (nSPS) is 18.4. The van der Waals surface area contributed by atoms with E-state index >= 15 is 0 Å². The summed E-state index contributed by atoms with van der Waals surface area (Å²) in [6.45, 7) is 2.82. The van der Waals surface area contributed by atoms with Crippen LogP contribution in [0.25, 0.3) is 0 Å². The molecule has 1 N–H and O–H groups in total. The predicted molar refractivity (Wildman–Crippen MR) is 52.7 cm³/mol. The van der Waals surface area contributed by atoms with E-state index in [-0.39, 0.29) is 6.10 Å². The lowest BCUT2D eigenvalue weighted by Crippen LogP contribution is -2.01. The molecule has 1 atom stereocenters. The van der Waals surface area contributed by atoms with Crippen LogP contribution in [0.3, 0.4) is 0 Å². The average molecular weight is 195 g/mol. The van der Waals surface area contributed by atoms with Crippen molar-refractivity contribution in [1.82, 2.24) is 15.0 Å². The molecule has 1 aromatic rings. The predicted octanol–water partition coefficient (Wildman–Crippen LogP) is 1.00. The molecule has 1 fully saturated rings. The van der Waals surface area contributed by atoms with Gasteiger partial charge in [0.15, 0.2) is 0 Å². The molecule has 0 radical (unpaired) electrons. The second-order valence-electron chi connectivity index (χ2n) is 4.26. The van der Waals surface area contributed by atoms with Crippen LogP contribution in [0.15, 0.2) is 6.20 Å². The number of aryl methyl sites for hydroxylation is 1. The third-order valence-corrected chi connectivity index (χ3v) is 2.55. The Kier molecular flexibility index (Phi) is 2.82. The highest BCUT2D eigenvalue weighted by Gasteiger charge is 2.22. The summed E-state index contributed by atoms with van der Waals surface area (Å²) in [6.07, 6.45) is 6.01. The Bertz CT molecular complexity index is 291. The van der Waals surface area contributed by atoms with Crippen LogP contribution in [0.2, 0.25) is 0 Å². The third-order valence-electron chi connectivity index (χ3n) is 2.55. The molecule has 2 rings (SSSR count). The first kappa shape index (κ1) is 9.65. The van der Waals surface area contributed by atoms with Gasteiger partial charge in [0, 0.05) is 12.7 Å². The Morgan fingerprint density at radius 1 is 1.64 bits per heavy atom. The average Bonchev–Trinajstić information content (AvgIpc) is 2.81. The molecule has 0 unspecified atom stereocenters. The molecule has 0 aromatic carbocycles. The van der Waals surface area contributed by atoms with Gasteiger partial charge in [-0.3, -0.25) is 4.68 Å². The lowest BCUT2D eigenvalue weighted by Gasteiger charge is -1.99. The molecule has 14 heavy (non-hydrogen) atoms. The molecular formula is C10H17N3O. The second kappa shape index (κ2) is 4.09. The summed E-state index contributed by atoms with van der Waals surface area (Å²) >= 11 is 0. The fraction of sp³-hybridized carbons (Fsp3) is 0.800. The van der Waals surface area contributed by atoms with Crippen LogP contribution in [0.1, 0.15) is 31.9 Å². The van der Waals surface area contributed by atoms with Crippen molar-refractivity contribution in [1.29, 1.82) is 0 Å². The van der Waals surface area contributed by atoms with Gasteiger partial charge in [0.1, 0.15) is 0 Å². The molecule has 0 spiro atoms. The van der Waals surface area contributed by atoms with E-state index in [0.29, 0.717) is 0 Å². The summed E-state index contributed by atoms with van der Waals surface area (Å²) in [4.78, 5) is 0. The van der Waals surface area contributed by atoms with Crippen molar-refractivity contribution in [2.45, 2.75) is 45.3 Å². The summed E-state index contributed by atoms with van der Waals surface area (Å²) < 4.78 is 1.93. The van der Waals surface area contributed by atoms with Crippen molar-refractivity contribution in [2.75, 3.05) is 0 Å². The zero-order chi connectivity index (χ0) is 9.97. The van der Waals surface area contributed by atoms with Crippen LogP contribution in [-0.2, 0) is 13.0 Å². The van der Waals surface area contributed by atoms with Crippen LogP contribution < -0.4 is 0 Å². The van der Waals surface area contributed by atoms with Gasteiger partial charge in [-0.15, -0.1) is 5.10 Å². The van der Waals surface area contributed by atoms with E-state index in [1.165, 1.54) is 12.8 Å². The standard InChI is InChI=1S/C10H17N3O/c1-8(14)2-5-10-7-13(12-11-10)6-9-3-4-9/h7-9,14H,2-6H2,1H3/t8-/m0/s1. The first-order valence-electron chi connectivity index (χ1n) is 5.31. The molecule has 4 heteroatoms. The maximum absolute atomic E-state index is 9.12. The van der Waals surface area contributed by atoms with E-state index in [0.717, 1.165) is 31.0 Å². The summed E-state index contributed by atoms with van der Waals surface area (Å²) in [6, 6.07) is 0. The minimum absolute atomic E-state index is 0.247. The molecular weight excluding hydrogens is 178 g/mol. The second-order valence-corrected chi connectivity index (χ2v) is 4.26. The van der Waals surface area contributed by atoms with Crippen LogP contribution in [0.5, 0.6) is 0 Å². The molecule has 78 valence electrons. The number of aromatic nitrogens is 3. The lowest BCUT2D eigenvalue weighted by molar-refractivity contribution is 0.184. The summed E-state index contributed by atoms with van der Waals surface area (Å²) in [5.74, 6) is 0.835. The third kappa shape index (κ3) is 2.80. The fourth-order valence-corrected chi connectivity index (χ4v) is 1.46. The van der Waals surface area contributed by atoms with Gasteiger partial charge in [-0.25, -0.2) is 0 Å². The fourth-order valence-electron chi connectivity index (χ4n) is 1.46. The Morgan fingerprint density at radius 3 is 3.07 bits per heavy atom. The van der Waals surface area contributed by atoms with Crippen molar-refractivity contribution >= 4 is 0 Å². The minimum atomic E-state index is -0.247. The maximum Gasteiger partial charge on any atom is 0.0828 e. The summed E-state index contributed by atoms with van der Waals surface area (Å²) in [7, 11) is 0. The van der Waals surface area contributed by atoms with Gasteiger partial charge in [0.05, 0.1) is 11.8 Å². The van der Waals surface area contributed by atoms with Crippen LogP contribution in [-0.4, -0.2) is 26.2 Å². The molecule has 1 saturated carbocycles. The number of rotatable bonds is 5. The molecule has 4 nitrogen and oxygen atoms in total. The molecule has 1 aromatic heterocycles. The van der Waals surface area contributed by atoms with Crippen molar-refractivity contribution < 1.29 is 5.11 Å². The van der Waals surface area contributed by atoms with E-state index in [1.54, 1.807) is 6.92 Å². The first-order chi connectivity index (χ1) is 6.74. The molecule has 0 saturated heterocycles. The van der Waals surface area contributed by atoms with Crippen molar-refractivity contribution in [2.24, 2.45) is 5.92 Å². The van der Waals surface area contributed by atoms with E-state index in [1.807, 2.05) is 10.9 Å². The van der Waals surface area contributed by atoms with E-state index in [9.17, 15) is 0 Å². The minimum Gasteiger partial charge on any atom is -0.393 e. The summed E-state index contributed by atoms with van der Waals surface area (Å²) in [5, 5.41) is 17.3. The molecule has 0 amide bonds. The number of aliphatic hydroxyl groups excluding tert-OH is 1. The van der Waals surface area contributed by atoms with Gasteiger partial charge in [-0.1, -0.05) is 5.21 Å². The van der Waals surface area contributed by atoms with Gasteiger partial charge in [0.25, 0.3) is 0 Å². The topological polar surface area (TPSA) is 50.9 Å². The Morgan fingerprint density at radius 2 is 2.43 bits per heavy atom. The first-order valence-corrected chi connectivity index (χ1v) is 5.31. The molecule has 1 heterocycles. The van der Waals surface area contributed by atoms with E-state index < -0.39 is 0 Å². The number of hydrogen-bond donors (Lipinski definition) is 1. The van der Waals surface area contributed by atoms with Gasteiger partial charge in [-0.05, 0) is 38.5 Å². The SMILES string of the molecule is C[C@H](O)CCc1cn(CC2CC2)nn1. The highest BCUT2D eigenvalue weighted by Crippen LogP contribution is 2.30. The number of aliphatic hydroxyl groups is 1. The molecule has 0 aliphatic heterocycles.